The predicted octanol–water partition coefficient (Wildman–Crippen LogP) is 4.68. The third kappa shape index (κ3) is 2.62. The number of rotatable bonds is 4. The average molecular weight is 290 g/mol. The molecule has 1 aliphatic rings. The van der Waals surface area contributed by atoms with Crippen LogP contribution in [0.2, 0.25) is 0 Å². The second-order valence-corrected chi connectivity index (χ2v) is 6.01. The van der Waals surface area contributed by atoms with Crippen molar-refractivity contribution >= 4 is 23.3 Å². The van der Waals surface area contributed by atoms with Gasteiger partial charge in [0, 0.05) is 6.54 Å². The zero-order valence-electron chi connectivity index (χ0n) is 12.0. The smallest absolute Gasteiger partial charge is 0.178 e. The molecule has 0 amide bonds. The van der Waals surface area contributed by atoms with E-state index in [1.807, 2.05) is 19.1 Å². The first-order chi connectivity index (χ1) is 9.79. The van der Waals surface area contributed by atoms with Crippen LogP contribution in [0, 0.1) is 10.7 Å². The van der Waals surface area contributed by atoms with E-state index in [4.69, 9.17) is 17.0 Å². The van der Waals surface area contributed by atoms with Gasteiger partial charge in [0.15, 0.2) is 4.77 Å². The molecule has 1 aromatic carbocycles. The average Bonchev–Trinajstić information content (AvgIpc) is 2.78. The van der Waals surface area contributed by atoms with E-state index >= 15 is 0 Å². The van der Waals surface area contributed by atoms with Crippen LogP contribution in [-0.2, 0) is 6.54 Å². The number of nitrogens with zero attached hydrogens (tertiary/aromatic N) is 1. The number of fused-ring (bicyclic) bond motifs is 1. The summed E-state index contributed by atoms with van der Waals surface area (Å²) in [6.45, 7) is 3.72. The van der Waals surface area contributed by atoms with Crippen LogP contribution in [0.1, 0.15) is 39.0 Å². The minimum absolute atomic E-state index is 0.674. The molecule has 1 heterocycles. The van der Waals surface area contributed by atoms with Gasteiger partial charge >= 0.3 is 0 Å². The summed E-state index contributed by atoms with van der Waals surface area (Å²) < 4.78 is 8.76. The highest BCUT2D eigenvalue weighted by Crippen LogP contribution is 2.29. The van der Waals surface area contributed by atoms with Crippen LogP contribution >= 0.6 is 12.2 Å². The van der Waals surface area contributed by atoms with Gasteiger partial charge in [0.2, 0.25) is 0 Å². The number of benzene rings is 1. The lowest BCUT2D eigenvalue weighted by atomic mass is 9.89. The fraction of sp³-hybridized carbons (Fsp3) is 0.562. The van der Waals surface area contributed by atoms with Gasteiger partial charge in [-0.05, 0) is 50.0 Å². The molecule has 108 valence electrons. The molecule has 4 heteroatoms. The van der Waals surface area contributed by atoms with Crippen LogP contribution < -0.4 is 4.74 Å². The Kier molecular flexibility index (Phi) is 4.10. The molecule has 1 fully saturated rings. The van der Waals surface area contributed by atoms with E-state index in [0.29, 0.717) is 6.61 Å². The molecule has 2 aromatic rings. The predicted molar refractivity (Wildman–Crippen MR) is 84.9 cm³/mol. The van der Waals surface area contributed by atoms with Gasteiger partial charge in [0.1, 0.15) is 11.3 Å². The lowest BCUT2D eigenvalue weighted by Crippen LogP contribution is -2.14. The number of hydrogen-bond donors (Lipinski definition) is 1. The molecule has 0 radical (unpaired) electrons. The SMILES string of the molecule is CCOc1cccc2c1[nH]c(=S)n2CC1CCCCC1. The van der Waals surface area contributed by atoms with Crippen LogP contribution in [-0.4, -0.2) is 16.2 Å². The normalized spacial score (nSPS) is 16.6. The first-order valence-corrected chi connectivity index (χ1v) is 8.04. The first kappa shape index (κ1) is 13.7. The fourth-order valence-electron chi connectivity index (χ4n) is 3.24. The molecular formula is C16H22N2OS. The molecule has 1 aliphatic carbocycles. The summed E-state index contributed by atoms with van der Waals surface area (Å²) >= 11 is 5.52. The molecule has 1 aromatic heterocycles. The first-order valence-electron chi connectivity index (χ1n) is 7.64. The van der Waals surface area contributed by atoms with Gasteiger partial charge in [0.05, 0.1) is 12.1 Å². The Labute approximate surface area is 125 Å². The van der Waals surface area contributed by atoms with Crippen molar-refractivity contribution in [3.05, 3.63) is 23.0 Å². The zero-order chi connectivity index (χ0) is 13.9. The van der Waals surface area contributed by atoms with Crippen molar-refractivity contribution < 1.29 is 4.74 Å². The minimum Gasteiger partial charge on any atom is -0.492 e. The lowest BCUT2D eigenvalue weighted by molar-refractivity contribution is 0.321. The van der Waals surface area contributed by atoms with Gasteiger partial charge in [-0.3, -0.25) is 0 Å². The van der Waals surface area contributed by atoms with Gasteiger partial charge in [-0.25, -0.2) is 0 Å². The van der Waals surface area contributed by atoms with E-state index in [0.717, 1.165) is 28.5 Å². The van der Waals surface area contributed by atoms with Crippen molar-refractivity contribution in [1.29, 1.82) is 0 Å². The molecule has 3 rings (SSSR count). The van der Waals surface area contributed by atoms with Crippen molar-refractivity contribution in [3.63, 3.8) is 0 Å². The van der Waals surface area contributed by atoms with E-state index in [-0.39, 0.29) is 0 Å². The quantitative estimate of drug-likeness (QED) is 0.829. The van der Waals surface area contributed by atoms with E-state index in [2.05, 4.69) is 15.6 Å². The van der Waals surface area contributed by atoms with E-state index < -0.39 is 0 Å². The van der Waals surface area contributed by atoms with Crippen LogP contribution in [0.5, 0.6) is 5.75 Å². The van der Waals surface area contributed by atoms with Crippen LogP contribution in [0.25, 0.3) is 11.0 Å². The highest BCUT2D eigenvalue weighted by molar-refractivity contribution is 7.71. The van der Waals surface area contributed by atoms with Crippen molar-refractivity contribution in [2.75, 3.05) is 6.61 Å². The monoisotopic (exact) mass is 290 g/mol. The molecular weight excluding hydrogens is 268 g/mol. The molecule has 0 atom stereocenters. The number of imidazole rings is 1. The summed E-state index contributed by atoms with van der Waals surface area (Å²) in [5.41, 5.74) is 2.21. The number of aromatic nitrogens is 2. The topological polar surface area (TPSA) is 29.9 Å². The van der Waals surface area contributed by atoms with Crippen molar-refractivity contribution in [1.82, 2.24) is 9.55 Å². The van der Waals surface area contributed by atoms with Gasteiger partial charge < -0.3 is 14.3 Å². The number of nitrogens with one attached hydrogen (secondary N) is 1. The molecule has 0 bridgehead atoms. The Hall–Kier alpha value is -1.29. The summed E-state index contributed by atoms with van der Waals surface area (Å²) in [6, 6.07) is 6.18. The number of para-hydroxylation sites is 1. The molecule has 0 spiro atoms. The molecule has 3 nitrogen and oxygen atoms in total. The second-order valence-electron chi connectivity index (χ2n) is 5.63. The second kappa shape index (κ2) is 6.00. The third-order valence-corrected chi connectivity index (χ3v) is 4.56. The van der Waals surface area contributed by atoms with Crippen LogP contribution in [0.15, 0.2) is 18.2 Å². The molecule has 1 saturated carbocycles. The van der Waals surface area contributed by atoms with E-state index in [1.165, 1.54) is 37.6 Å². The van der Waals surface area contributed by atoms with Crippen molar-refractivity contribution in [3.8, 4) is 5.75 Å². The summed E-state index contributed by atoms with van der Waals surface area (Å²) in [4.78, 5) is 3.32. The summed E-state index contributed by atoms with van der Waals surface area (Å²) in [7, 11) is 0. The molecule has 0 saturated heterocycles. The van der Waals surface area contributed by atoms with Gasteiger partial charge in [0.25, 0.3) is 0 Å². The number of aromatic amines is 1. The Balaban J connectivity index is 1.96. The maximum absolute atomic E-state index is 5.69. The maximum Gasteiger partial charge on any atom is 0.178 e. The summed E-state index contributed by atoms with van der Waals surface area (Å²) in [5.74, 6) is 1.67. The molecule has 20 heavy (non-hydrogen) atoms. The third-order valence-electron chi connectivity index (χ3n) is 4.24. The summed E-state index contributed by atoms with van der Waals surface area (Å²) in [5, 5.41) is 0. The minimum atomic E-state index is 0.674. The highest BCUT2D eigenvalue weighted by Gasteiger charge is 2.16. The van der Waals surface area contributed by atoms with E-state index in [9.17, 15) is 0 Å². The molecule has 0 unspecified atom stereocenters. The fourth-order valence-corrected chi connectivity index (χ4v) is 3.51. The largest absolute Gasteiger partial charge is 0.492 e. The Morgan fingerprint density at radius 2 is 2.10 bits per heavy atom. The Bertz CT molecular complexity index is 637. The van der Waals surface area contributed by atoms with Gasteiger partial charge in [-0.2, -0.15) is 0 Å². The molecule has 1 N–H and O–H groups in total. The maximum atomic E-state index is 5.69. The van der Waals surface area contributed by atoms with E-state index in [1.54, 1.807) is 0 Å². The van der Waals surface area contributed by atoms with Crippen LogP contribution in [0.4, 0.5) is 0 Å². The summed E-state index contributed by atoms with van der Waals surface area (Å²) in [6.07, 6.45) is 6.79. The highest BCUT2D eigenvalue weighted by atomic mass is 32.1. The van der Waals surface area contributed by atoms with Gasteiger partial charge in [-0.15, -0.1) is 0 Å². The van der Waals surface area contributed by atoms with Gasteiger partial charge in [-0.1, -0.05) is 25.3 Å². The Morgan fingerprint density at radius 1 is 1.30 bits per heavy atom. The number of H-pyrrole nitrogens is 1. The molecule has 0 aliphatic heterocycles. The Morgan fingerprint density at radius 3 is 2.85 bits per heavy atom. The number of hydrogen-bond acceptors (Lipinski definition) is 2. The standard InChI is InChI=1S/C16H22N2OS/c1-2-19-14-10-6-9-13-15(14)17-16(20)18(13)11-12-7-4-3-5-8-12/h6,9-10,12H,2-5,7-8,11H2,1H3,(H,17,20). The van der Waals surface area contributed by atoms with Crippen molar-refractivity contribution in [2.45, 2.75) is 45.6 Å². The lowest BCUT2D eigenvalue weighted by Gasteiger charge is -2.22. The number of ether oxygens (including phenoxy) is 1. The zero-order valence-corrected chi connectivity index (χ0v) is 12.8. The van der Waals surface area contributed by atoms with Crippen molar-refractivity contribution in [2.24, 2.45) is 5.92 Å². The van der Waals surface area contributed by atoms with Crippen LogP contribution in [0.3, 0.4) is 0 Å².